The minimum atomic E-state index is -2.69. The molecule has 25 heavy (non-hydrogen) atoms. The van der Waals surface area contributed by atoms with E-state index in [9.17, 15) is 13.6 Å². The summed E-state index contributed by atoms with van der Waals surface area (Å²) in [7, 11) is 0. The maximum Gasteiger partial charge on any atom is 0.280 e. The van der Waals surface area contributed by atoms with E-state index >= 15 is 0 Å². The topological polar surface area (TPSA) is 71.8 Å². The number of halogens is 2. The Labute approximate surface area is 144 Å². The Bertz CT molecular complexity index is 743. The minimum Gasteiger partial charge on any atom is -0.379 e. The third-order valence-corrected chi connectivity index (χ3v) is 4.14. The first-order valence-electron chi connectivity index (χ1n) is 8.28. The largest absolute Gasteiger partial charge is 0.379 e. The summed E-state index contributed by atoms with van der Waals surface area (Å²) >= 11 is 0. The van der Waals surface area contributed by atoms with Crippen LogP contribution in [0.3, 0.4) is 0 Å². The van der Waals surface area contributed by atoms with Crippen molar-refractivity contribution in [2.45, 2.75) is 19.8 Å². The lowest BCUT2D eigenvalue weighted by molar-refractivity contribution is 0.0374. The lowest BCUT2D eigenvalue weighted by Crippen LogP contribution is -2.38. The van der Waals surface area contributed by atoms with Crippen LogP contribution in [0.2, 0.25) is 0 Å². The zero-order chi connectivity index (χ0) is 17.8. The molecule has 0 bridgehead atoms. The summed E-state index contributed by atoms with van der Waals surface area (Å²) < 4.78 is 32.5. The Morgan fingerprint density at radius 3 is 2.88 bits per heavy atom. The number of fused-ring (bicyclic) bond motifs is 1. The van der Waals surface area contributed by atoms with Crippen LogP contribution in [0.4, 0.5) is 8.78 Å². The highest BCUT2D eigenvalue weighted by atomic mass is 19.3. The number of carbonyl (C=O) groups is 1. The Hall–Kier alpha value is -2.13. The fourth-order valence-electron chi connectivity index (χ4n) is 2.85. The Morgan fingerprint density at radius 2 is 2.16 bits per heavy atom. The molecule has 9 heteroatoms. The lowest BCUT2D eigenvalue weighted by Gasteiger charge is -2.26. The monoisotopic (exact) mass is 353 g/mol. The second kappa shape index (κ2) is 7.83. The summed E-state index contributed by atoms with van der Waals surface area (Å²) in [4.78, 5) is 18.8. The van der Waals surface area contributed by atoms with E-state index in [1.807, 2.05) is 0 Å². The molecule has 3 heterocycles. The van der Waals surface area contributed by atoms with Crippen molar-refractivity contribution < 1.29 is 18.3 Å². The summed E-state index contributed by atoms with van der Waals surface area (Å²) in [6, 6.07) is 1.27. The number of hydrogen-bond acceptors (Lipinski definition) is 5. The molecule has 1 aliphatic rings. The number of ether oxygens (including phenoxy) is 1. The van der Waals surface area contributed by atoms with Crippen LogP contribution < -0.4 is 5.32 Å². The van der Waals surface area contributed by atoms with E-state index in [0.717, 1.165) is 43.8 Å². The third-order valence-electron chi connectivity index (χ3n) is 4.14. The average molecular weight is 353 g/mol. The number of alkyl halides is 2. The van der Waals surface area contributed by atoms with Gasteiger partial charge in [0.15, 0.2) is 5.65 Å². The summed E-state index contributed by atoms with van der Waals surface area (Å²) in [6.45, 7) is 6.29. The maximum atomic E-state index is 13.1. The predicted octanol–water partition coefficient (Wildman–Crippen LogP) is 1.43. The molecule has 0 aliphatic carbocycles. The molecule has 0 saturated carbocycles. The van der Waals surface area contributed by atoms with Crippen molar-refractivity contribution in [3.05, 3.63) is 29.2 Å². The van der Waals surface area contributed by atoms with Gasteiger partial charge in [-0.25, -0.2) is 18.3 Å². The molecule has 0 aromatic carbocycles. The summed E-state index contributed by atoms with van der Waals surface area (Å²) in [6.07, 6.45) is -0.599. The van der Waals surface area contributed by atoms with Crippen LogP contribution in [0, 0.1) is 6.92 Å². The smallest absolute Gasteiger partial charge is 0.280 e. The summed E-state index contributed by atoms with van der Waals surface area (Å²) in [5.74, 6) is -0.352. The van der Waals surface area contributed by atoms with Gasteiger partial charge in [0.25, 0.3) is 12.3 Å². The van der Waals surface area contributed by atoms with Crippen LogP contribution in [-0.2, 0) is 4.74 Å². The van der Waals surface area contributed by atoms with Crippen molar-refractivity contribution in [1.82, 2.24) is 24.8 Å². The highest BCUT2D eigenvalue weighted by molar-refractivity contribution is 5.99. The van der Waals surface area contributed by atoms with Crippen LogP contribution in [0.15, 0.2) is 12.3 Å². The number of morpholine rings is 1. The van der Waals surface area contributed by atoms with Crippen LogP contribution in [0.25, 0.3) is 5.65 Å². The van der Waals surface area contributed by atoms with E-state index < -0.39 is 6.43 Å². The normalized spacial score (nSPS) is 15.8. The maximum absolute atomic E-state index is 13.1. The van der Waals surface area contributed by atoms with Gasteiger partial charge in [-0.05, 0) is 26.0 Å². The second-order valence-electron chi connectivity index (χ2n) is 5.98. The van der Waals surface area contributed by atoms with Crippen molar-refractivity contribution >= 4 is 11.6 Å². The molecule has 1 saturated heterocycles. The van der Waals surface area contributed by atoms with Gasteiger partial charge >= 0.3 is 0 Å². The Balaban J connectivity index is 1.62. The number of aromatic nitrogens is 3. The number of nitrogens with one attached hydrogen (secondary N) is 1. The van der Waals surface area contributed by atoms with Crippen LogP contribution >= 0.6 is 0 Å². The number of carbonyl (C=O) groups excluding carboxylic acids is 1. The average Bonchev–Trinajstić information content (AvgIpc) is 3.02. The number of rotatable bonds is 6. The van der Waals surface area contributed by atoms with Gasteiger partial charge in [-0.1, -0.05) is 0 Å². The molecule has 136 valence electrons. The van der Waals surface area contributed by atoms with E-state index in [-0.39, 0.29) is 22.8 Å². The van der Waals surface area contributed by atoms with Gasteiger partial charge in [-0.15, -0.1) is 0 Å². The SMILES string of the molecule is Cc1cc(C(F)F)n2ncc(C(=O)NCCCN3CCOCC3)c2n1. The Morgan fingerprint density at radius 1 is 1.40 bits per heavy atom. The van der Waals surface area contributed by atoms with Crippen LogP contribution in [-0.4, -0.2) is 64.8 Å². The molecule has 0 atom stereocenters. The van der Waals surface area contributed by atoms with Crippen molar-refractivity contribution in [3.63, 3.8) is 0 Å². The van der Waals surface area contributed by atoms with Gasteiger partial charge in [-0.2, -0.15) is 5.10 Å². The molecule has 2 aromatic rings. The molecule has 1 N–H and O–H groups in total. The first-order chi connectivity index (χ1) is 12.1. The molecular weight excluding hydrogens is 332 g/mol. The van der Waals surface area contributed by atoms with Crippen LogP contribution in [0.1, 0.15) is 34.6 Å². The highest BCUT2D eigenvalue weighted by Gasteiger charge is 2.20. The number of nitrogens with zero attached hydrogens (tertiary/aromatic N) is 4. The van der Waals surface area contributed by atoms with Gasteiger partial charge < -0.3 is 10.1 Å². The first-order valence-corrected chi connectivity index (χ1v) is 8.28. The number of amides is 1. The molecule has 1 amide bonds. The lowest BCUT2D eigenvalue weighted by atomic mass is 10.2. The molecule has 7 nitrogen and oxygen atoms in total. The minimum absolute atomic E-state index is 0.154. The van der Waals surface area contributed by atoms with Crippen molar-refractivity contribution in [2.24, 2.45) is 0 Å². The molecule has 0 spiro atoms. The van der Waals surface area contributed by atoms with Gasteiger partial charge in [0.1, 0.15) is 11.3 Å². The molecule has 1 fully saturated rings. The third kappa shape index (κ3) is 4.10. The first kappa shape index (κ1) is 17.7. The van der Waals surface area contributed by atoms with E-state index in [1.54, 1.807) is 6.92 Å². The Kier molecular flexibility index (Phi) is 5.54. The zero-order valence-corrected chi connectivity index (χ0v) is 14.0. The van der Waals surface area contributed by atoms with Gasteiger partial charge in [-0.3, -0.25) is 9.69 Å². The summed E-state index contributed by atoms with van der Waals surface area (Å²) in [5.41, 5.74) is 0.511. The van der Waals surface area contributed by atoms with Crippen molar-refractivity contribution in [2.75, 3.05) is 39.4 Å². The van der Waals surface area contributed by atoms with Crippen molar-refractivity contribution in [3.8, 4) is 0 Å². The van der Waals surface area contributed by atoms with Gasteiger partial charge in [0.05, 0.1) is 19.4 Å². The standard InChI is InChI=1S/C16H21F2N5O2/c1-11-9-13(14(17)18)23-15(21-11)12(10-20-23)16(24)19-3-2-4-22-5-7-25-8-6-22/h9-10,14H,2-8H2,1H3,(H,19,24). The summed E-state index contributed by atoms with van der Waals surface area (Å²) in [5, 5.41) is 6.70. The quantitative estimate of drug-likeness (QED) is 0.796. The second-order valence-corrected chi connectivity index (χ2v) is 5.98. The number of hydrogen-bond donors (Lipinski definition) is 1. The van der Waals surface area contributed by atoms with Gasteiger partial charge in [0.2, 0.25) is 0 Å². The van der Waals surface area contributed by atoms with Crippen molar-refractivity contribution in [1.29, 1.82) is 0 Å². The van der Waals surface area contributed by atoms with E-state index in [1.165, 1.54) is 12.3 Å². The van der Waals surface area contributed by atoms with Crippen LogP contribution in [0.5, 0.6) is 0 Å². The van der Waals surface area contributed by atoms with E-state index in [0.29, 0.717) is 12.2 Å². The highest BCUT2D eigenvalue weighted by Crippen LogP contribution is 2.21. The molecule has 3 rings (SSSR count). The molecule has 2 aromatic heterocycles. The van der Waals surface area contributed by atoms with E-state index in [2.05, 4.69) is 20.3 Å². The van der Waals surface area contributed by atoms with Gasteiger partial charge in [0, 0.05) is 25.3 Å². The molecule has 1 aliphatic heterocycles. The predicted molar refractivity (Wildman–Crippen MR) is 86.9 cm³/mol. The molecular formula is C16H21F2N5O2. The van der Waals surface area contributed by atoms with E-state index in [4.69, 9.17) is 4.74 Å². The zero-order valence-electron chi connectivity index (χ0n) is 14.0. The molecule has 0 radical (unpaired) electrons. The molecule has 0 unspecified atom stereocenters. The number of aryl methyl sites for hydroxylation is 1. The fourth-order valence-corrected chi connectivity index (χ4v) is 2.85. The fraction of sp³-hybridized carbons (Fsp3) is 0.562.